The second-order valence-electron chi connectivity index (χ2n) is 6.78. The smallest absolute Gasteiger partial charge is 0.276 e. The topological polar surface area (TPSA) is 32.3 Å². The Morgan fingerprint density at radius 3 is 2.67 bits per heavy atom. The van der Waals surface area contributed by atoms with Crippen molar-refractivity contribution in [1.82, 2.24) is 10.2 Å². The molecule has 27 heavy (non-hydrogen) atoms. The molecule has 0 unspecified atom stereocenters. The quantitative estimate of drug-likeness (QED) is 0.572. The molecule has 2 fully saturated rings. The fourth-order valence-corrected chi connectivity index (χ4v) is 4.88. The first-order chi connectivity index (χ1) is 13.0. The molecule has 1 aromatic heterocycles. The van der Waals surface area contributed by atoms with Crippen molar-refractivity contribution in [3.05, 3.63) is 51.9 Å². The number of benzene rings is 1. The summed E-state index contributed by atoms with van der Waals surface area (Å²) in [6.45, 7) is 0. The van der Waals surface area contributed by atoms with E-state index < -0.39 is 11.6 Å². The summed E-state index contributed by atoms with van der Waals surface area (Å²) in [5.74, 6) is -1.89. The minimum absolute atomic E-state index is 0.114. The van der Waals surface area contributed by atoms with Crippen molar-refractivity contribution < 1.29 is 13.6 Å². The molecular weight excluding hydrogens is 386 g/mol. The number of hydrogen-bond acceptors (Lipinski definition) is 3. The highest BCUT2D eigenvalue weighted by Crippen LogP contribution is 2.32. The maximum atomic E-state index is 13.6. The monoisotopic (exact) mass is 404 g/mol. The molecule has 1 N–H and O–H groups in total. The molecular formula is C20H18F2N2OS2. The fraction of sp³-hybridized carbons (Fsp3) is 0.300. The Morgan fingerprint density at radius 1 is 1.15 bits per heavy atom. The highest BCUT2D eigenvalue weighted by molar-refractivity contribution is 7.80. The van der Waals surface area contributed by atoms with Crippen molar-refractivity contribution in [2.45, 2.75) is 38.1 Å². The maximum Gasteiger partial charge on any atom is 0.276 e. The first kappa shape index (κ1) is 18.3. The minimum Gasteiger partial charge on any atom is -0.328 e. The van der Waals surface area contributed by atoms with Crippen LogP contribution in [0.3, 0.4) is 0 Å². The molecule has 2 aliphatic rings. The molecule has 2 aromatic rings. The van der Waals surface area contributed by atoms with Crippen molar-refractivity contribution in [3.8, 4) is 11.1 Å². The van der Waals surface area contributed by atoms with Gasteiger partial charge >= 0.3 is 0 Å². The maximum absolute atomic E-state index is 13.6. The largest absolute Gasteiger partial charge is 0.328 e. The number of nitrogens with one attached hydrogen (secondary N) is 1. The molecule has 0 bridgehead atoms. The van der Waals surface area contributed by atoms with Gasteiger partial charge < -0.3 is 5.32 Å². The van der Waals surface area contributed by atoms with Crippen LogP contribution in [-0.2, 0) is 4.79 Å². The highest BCUT2D eigenvalue weighted by atomic mass is 32.1. The molecule has 2 heterocycles. The van der Waals surface area contributed by atoms with Crippen molar-refractivity contribution >= 4 is 40.7 Å². The van der Waals surface area contributed by atoms with Crippen LogP contribution in [0.25, 0.3) is 17.2 Å². The third kappa shape index (κ3) is 3.53. The standard InChI is InChI=1S/C20H18F2N2OS2/c21-15-7-6-12(10-16(15)22)14-8-9-27-18(14)11-17-19(25)24(20(26)23-17)13-4-2-1-3-5-13/h6-11,13H,1-5H2,(H,23,26). The Labute approximate surface area is 165 Å². The summed E-state index contributed by atoms with van der Waals surface area (Å²) < 4.78 is 26.8. The SMILES string of the molecule is O=C1C(=Cc2sccc2-c2ccc(F)c(F)c2)NC(=S)N1C1CCCCC1. The Morgan fingerprint density at radius 2 is 1.93 bits per heavy atom. The second kappa shape index (κ2) is 7.48. The van der Waals surface area contributed by atoms with Gasteiger partial charge in [-0.05, 0) is 65.8 Å². The summed E-state index contributed by atoms with van der Waals surface area (Å²) in [7, 11) is 0. The van der Waals surface area contributed by atoms with E-state index in [2.05, 4.69) is 5.32 Å². The van der Waals surface area contributed by atoms with Crippen LogP contribution in [0.2, 0.25) is 0 Å². The van der Waals surface area contributed by atoms with Gasteiger partial charge in [0.05, 0.1) is 0 Å². The summed E-state index contributed by atoms with van der Waals surface area (Å²) in [6, 6.07) is 5.80. The lowest BCUT2D eigenvalue weighted by Crippen LogP contribution is -2.41. The molecule has 4 rings (SSSR count). The third-order valence-electron chi connectivity index (χ3n) is 5.05. The van der Waals surface area contributed by atoms with Gasteiger partial charge in [0.1, 0.15) is 5.70 Å². The molecule has 1 saturated carbocycles. The number of carbonyl (C=O) groups is 1. The van der Waals surface area contributed by atoms with Crippen LogP contribution in [-0.4, -0.2) is 22.0 Å². The van der Waals surface area contributed by atoms with E-state index in [-0.39, 0.29) is 11.9 Å². The first-order valence-corrected chi connectivity index (χ1v) is 10.2. The van der Waals surface area contributed by atoms with Crippen LogP contribution in [0, 0.1) is 11.6 Å². The predicted molar refractivity (Wildman–Crippen MR) is 107 cm³/mol. The van der Waals surface area contributed by atoms with Crippen LogP contribution >= 0.6 is 23.6 Å². The van der Waals surface area contributed by atoms with E-state index in [4.69, 9.17) is 12.2 Å². The van der Waals surface area contributed by atoms with E-state index in [0.29, 0.717) is 16.4 Å². The van der Waals surface area contributed by atoms with Crippen LogP contribution in [0.5, 0.6) is 0 Å². The van der Waals surface area contributed by atoms with Gasteiger partial charge in [-0.1, -0.05) is 25.3 Å². The number of carbonyl (C=O) groups excluding carboxylic acids is 1. The average molecular weight is 405 g/mol. The lowest BCUT2D eigenvalue weighted by Gasteiger charge is -2.29. The molecule has 1 saturated heterocycles. The van der Waals surface area contributed by atoms with Gasteiger partial charge in [-0.2, -0.15) is 0 Å². The number of halogens is 2. The summed E-state index contributed by atoms with van der Waals surface area (Å²) in [4.78, 5) is 15.4. The summed E-state index contributed by atoms with van der Waals surface area (Å²) >= 11 is 6.83. The second-order valence-corrected chi connectivity index (χ2v) is 8.12. The van der Waals surface area contributed by atoms with E-state index in [1.165, 1.54) is 29.9 Å². The van der Waals surface area contributed by atoms with Crippen molar-refractivity contribution in [3.63, 3.8) is 0 Å². The van der Waals surface area contributed by atoms with Crippen LogP contribution in [0.1, 0.15) is 37.0 Å². The van der Waals surface area contributed by atoms with E-state index in [9.17, 15) is 13.6 Å². The normalized spacial score (nSPS) is 19.8. The van der Waals surface area contributed by atoms with Gasteiger partial charge in [0.15, 0.2) is 16.7 Å². The number of nitrogens with zero attached hydrogens (tertiary/aromatic N) is 1. The van der Waals surface area contributed by atoms with Crippen LogP contribution in [0.15, 0.2) is 35.3 Å². The van der Waals surface area contributed by atoms with Gasteiger partial charge in [-0.25, -0.2) is 8.78 Å². The van der Waals surface area contributed by atoms with Gasteiger partial charge in [0, 0.05) is 10.9 Å². The van der Waals surface area contributed by atoms with E-state index in [1.807, 2.05) is 11.4 Å². The van der Waals surface area contributed by atoms with E-state index in [0.717, 1.165) is 42.2 Å². The molecule has 1 aromatic carbocycles. The van der Waals surface area contributed by atoms with Gasteiger partial charge in [0.2, 0.25) is 0 Å². The summed E-state index contributed by atoms with van der Waals surface area (Å²) in [5, 5.41) is 5.34. The molecule has 1 aliphatic heterocycles. The number of rotatable bonds is 3. The van der Waals surface area contributed by atoms with Crippen molar-refractivity contribution in [2.75, 3.05) is 0 Å². The zero-order valence-corrected chi connectivity index (χ0v) is 16.1. The zero-order chi connectivity index (χ0) is 19.0. The fourth-order valence-electron chi connectivity index (χ4n) is 3.69. The molecule has 0 atom stereocenters. The summed E-state index contributed by atoms with van der Waals surface area (Å²) in [5.41, 5.74) is 1.75. The molecule has 0 radical (unpaired) electrons. The zero-order valence-electron chi connectivity index (χ0n) is 14.5. The Bertz CT molecular complexity index is 932. The highest BCUT2D eigenvalue weighted by Gasteiger charge is 2.36. The molecule has 1 aliphatic carbocycles. The number of thiophene rings is 1. The van der Waals surface area contributed by atoms with Crippen molar-refractivity contribution in [1.29, 1.82) is 0 Å². The first-order valence-electron chi connectivity index (χ1n) is 8.94. The Kier molecular flexibility index (Phi) is 5.06. The lowest BCUT2D eigenvalue weighted by atomic mass is 9.94. The van der Waals surface area contributed by atoms with E-state index in [1.54, 1.807) is 11.0 Å². The number of thiocarbonyl (C=S) groups is 1. The lowest BCUT2D eigenvalue weighted by molar-refractivity contribution is -0.124. The summed E-state index contributed by atoms with van der Waals surface area (Å²) in [6.07, 6.45) is 7.12. The van der Waals surface area contributed by atoms with Crippen LogP contribution in [0.4, 0.5) is 8.78 Å². The van der Waals surface area contributed by atoms with Gasteiger partial charge in [-0.15, -0.1) is 11.3 Å². The number of hydrogen-bond donors (Lipinski definition) is 1. The molecule has 7 heteroatoms. The Balaban J connectivity index is 1.63. The average Bonchev–Trinajstić information content (AvgIpc) is 3.23. The third-order valence-corrected chi connectivity index (χ3v) is 6.21. The van der Waals surface area contributed by atoms with Crippen molar-refractivity contribution in [2.24, 2.45) is 0 Å². The van der Waals surface area contributed by atoms with Crippen LogP contribution < -0.4 is 5.32 Å². The van der Waals surface area contributed by atoms with E-state index >= 15 is 0 Å². The van der Waals surface area contributed by atoms with Gasteiger partial charge in [0.25, 0.3) is 5.91 Å². The van der Waals surface area contributed by atoms with Gasteiger partial charge in [-0.3, -0.25) is 9.69 Å². The molecule has 3 nitrogen and oxygen atoms in total. The molecule has 1 amide bonds. The molecule has 0 spiro atoms. The molecule has 140 valence electrons. The minimum atomic E-state index is -0.892. The Hall–Kier alpha value is -2.12. The predicted octanol–water partition coefficient (Wildman–Crippen LogP) is 5.08. The number of amides is 1.